The van der Waals surface area contributed by atoms with Crippen LogP contribution in [-0.2, 0) is 14.3 Å². The van der Waals surface area contributed by atoms with Gasteiger partial charge in [-0.15, -0.1) is 0 Å². The van der Waals surface area contributed by atoms with Crippen molar-refractivity contribution in [3.63, 3.8) is 0 Å². The second-order valence-corrected chi connectivity index (χ2v) is 7.58. The number of nitrogens with zero attached hydrogens (tertiary/aromatic N) is 1. The Kier molecular flexibility index (Phi) is 5.31. The van der Waals surface area contributed by atoms with Gasteiger partial charge in [-0.05, 0) is 36.6 Å². The van der Waals surface area contributed by atoms with Crippen molar-refractivity contribution in [1.29, 1.82) is 0 Å². The standard InChI is InChI=1S/C24H21NO5/c1-15-6-5-9-19-21(15)23(28)25(22(19)27)18-12-10-17(11-13-18)24(29)30-14-20(26)16-7-3-2-4-8-16/h2-8,10-13,15,19,21H,9,14H2,1H3/t15-,19+,21-/m1/s1. The third-order valence-corrected chi connectivity index (χ3v) is 5.66. The van der Waals surface area contributed by atoms with Crippen molar-refractivity contribution in [2.75, 3.05) is 11.5 Å². The second-order valence-electron chi connectivity index (χ2n) is 7.58. The van der Waals surface area contributed by atoms with E-state index in [0.717, 1.165) is 0 Å². The van der Waals surface area contributed by atoms with E-state index in [-0.39, 0.29) is 47.5 Å². The number of hydrogen-bond donors (Lipinski definition) is 0. The van der Waals surface area contributed by atoms with Gasteiger partial charge in [0.15, 0.2) is 12.4 Å². The minimum atomic E-state index is -0.642. The predicted octanol–water partition coefficient (Wildman–Crippen LogP) is 3.43. The number of esters is 1. The Morgan fingerprint density at radius 2 is 1.67 bits per heavy atom. The number of benzene rings is 2. The van der Waals surface area contributed by atoms with Gasteiger partial charge in [0.05, 0.1) is 23.1 Å². The average molecular weight is 403 g/mol. The summed E-state index contributed by atoms with van der Waals surface area (Å²) < 4.78 is 5.10. The lowest BCUT2D eigenvalue weighted by Gasteiger charge is -2.22. The van der Waals surface area contributed by atoms with Crippen molar-refractivity contribution >= 4 is 29.3 Å². The van der Waals surface area contributed by atoms with E-state index in [0.29, 0.717) is 17.7 Å². The molecule has 3 atom stereocenters. The van der Waals surface area contributed by atoms with Crippen LogP contribution in [0.15, 0.2) is 66.7 Å². The summed E-state index contributed by atoms with van der Waals surface area (Å²) in [6.45, 7) is 1.58. The number of carbonyl (C=O) groups is 4. The van der Waals surface area contributed by atoms with Gasteiger partial charge < -0.3 is 4.74 Å². The maximum absolute atomic E-state index is 12.8. The van der Waals surface area contributed by atoms with Crippen LogP contribution in [0.3, 0.4) is 0 Å². The SMILES string of the molecule is C[C@@H]1C=CC[C@@H]2C(=O)N(c3ccc(C(=O)OCC(=O)c4ccccc4)cc3)C(=O)[C@H]12. The van der Waals surface area contributed by atoms with Gasteiger partial charge in [0.2, 0.25) is 11.8 Å². The molecule has 1 fully saturated rings. The number of allylic oxidation sites excluding steroid dienone is 2. The first-order chi connectivity index (χ1) is 14.5. The van der Waals surface area contributed by atoms with Crippen molar-refractivity contribution in [2.45, 2.75) is 13.3 Å². The maximum Gasteiger partial charge on any atom is 0.338 e. The van der Waals surface area contributed by atoms with Crippen LogP contribution in [0.2, 0.25) is 0 Å². The highest BCUT2D eigenvalue weighted by molar-refractivity contribution is 6.22. The van der Waals surface area contributed by atoms with E-state index in [9.17, 15) is 19.2 Å². The molecule has 0 saturated carbocycles. The third kappa shape index (κ3) is 3.56. The number of carbonyl (C=O) groups excluding carboxylic acids is 4. The highest BCUT2D eigenvalue weighted by atomic mass is 16.5. The first kappa shape index (κ1) is 19.8. The number of Topliss-reactive ketones (excluding diaryl/α,β-unsaturated/α-hetero) is 1. The number of ketones is 1. The van der Waals surface area contributed by atoms with Crippen molar-refractivity contribution < 1.29 is 23.9 Å². The predicted molar refractivity (Wildman–Crippen MR) is 110 cm³/mol. The molecule has 6 heteroatoms. The molecule has 1 saturated heterocycles. The average Bonchev–Trinajstić information content (AvgIpc) is 3.03. The number of amides is 2. The molecule has 4 rings (SSSR count). The van der Waals surface area contributed by atoms with Crippen molar-refractivity contribution in [2.24, 2.45) is 17.8 Å². The molecule has 0 aromatic heterocycles. The minimum absolute atomic E-state index is 0.0154. The van der Waals surface area contributed by atoms with Crippen molar-refractivity contribution in [3.8, 4) is 0 Å². The fourth-order valence-corrected chi connectivity index (χ4v) is 4.07. The van der Waals surface area contributed by atoms with Crippen LogP contribution in [0.1, 0.15) is 34.1 Å². The van der Waals surface area contributed by atoms with Crippen LogP contribution in [0.5, 0.6) is 0 Å². The molecule has 30 heavy (non-hydrogen) atoms. The van der Waals surface area contributed by atoms with Crippen LogP contribution in [0, 0.1) is 17.8 Å². The molecule has 2 amide bonds. The van der Waals surface area contributed by atoms with Crippen LogP contribution in [0.25, 0.3) is 0 Å². The normalized spacial score (nSPS) is 22.7. The second kappa shape index (κ2) is 8.06. The molecule has 2 aromatic rings. The van der Waals surface area contributed by atoms with Crippen molar-refractivity contribution in [3.05, 3.63) is 77.9 Å². The number of ether oxygens (including phenoxy) is 1. The Labute approximate surface area is 174 Å². The van der Waals surface area contributed by atoms with Gasteiger partial charge in [0.1, 0.15) is 0 Å². The molecule has 0 unspecified atom stereocenters. The molecule has 1 aliphatic carbocycles. The first-order valence-corrected chi connectivity index (χ1v) is 9.87. The van der Waals surface area contributed by atoms with Gasteiger partial charge in [-0.1, -0.05) is 49.4 Å². The molecule has 2 aliphatic rings. The van der Waals surface area contributed by atoms with Gasteiger partial charge in [-0.3, -0.25) is 19.3 Å². The van der Waals surface area contributed by atoms with E-state index in [1.165, 1.54) is 17.0 Å². The summed E-state index contributed by atoms with van der Waals surface area (Å²) in [5.74, 6) is -1.99. The minimum Gasteiger partial charge on any atom is -0.454 e. The zero-order valence-electron chi connectivity index (χ0n) is 16.5. The first-order valence-electron chi connectivity index (χ1n) is 9.87. The molecule has 1 heterocycles. The van der Waals surface area contributed by atoms with E-state index in [2.05, 4.69) is 0 Å². The zero-order chi connectivity index (χ0) is 21.3. The number of anilines is 1. The smallest absolute Gasteiger partial charge is 0.338 e. The fraction of sp³-hybridized carbons (Fsp3) is 0.250. The van der Waals surface area contributed by atoms with Crippen LogP contribution in [0.4, 0.5) is 5.69 Å². The lowest BCUT2D eigenvalue weighted by molar-refractivity contribution is -0.122. The lowest BCUT2D eigenvalue weighted by atomic mass is 9.78. The van der Waals surface area contributed by atoms with Crippen LogP contribution < -0.4 is 4.90 Å². The molecule has 0 spiro atoms. The molecule has 152 valence electrons. The quantitative estimate of drug-likeness (QED) is 0.331. The topological polar surface area (TPSA) is 80.8 Å². The van der Waals surface area contributed by atoms with Gasteiger partial charge in [0.25, 0.3) is 0 Å². The fourth-order valence-electron chi connectivity index (χ4n) is 4.07. The lowest BCUT2D eigenvalue weighted by Crippen LogP contribution is -2.31. The summed E-state index contributed by atoms with van der Waals surface area (Å²) in [7, 11) is 0. The van der Waals surface area contributed by atoms with Gasteiger partial charge in [-0.2, -0.15) is 0 Å². The summed E-state index contributed by atoms with van der Waals surface area (Å²) in [5.41, 5.74) is 1.14. The third-order valence-electron chi connectivity index (χ3n) is 5.66. The monoisotopic (exact) mass is 403 g/mol. The summed E-state index contributed by atoms with van der Waals surface area (Å²) in [6.07, 6.45) is 4.50. The van der Waals surface area contributed by atoms with Gasteiger partial charge in [0, 0.05) is 5.56 Å². The van der Waals surface area contributed by atoms with Gasteiger partial charge >= 0.3 is 5.97 Å². The number of rotatable bonds is 5. The number of hydrogen-bond acceptors (Lipinski definition) is 5. The molecular weight excluding hydrogens is 382 g/mol. The Morgan fingerprint density at radius 3 is 2.33 bits per heavy atom. The Morgan fingerprint density at radius 1 is 0.967 bits per heavy atom. The summed E-state index contributed by atoms with van der Waals surface area (Å²) in [5, 5.41) is 0. The number of imide groups is 1. The zero-order valence-corrected chi connectivity index (χ0v) is 16.5. The Bertz CT molecular complexity index is 1030. The molecule has 0 N–H and O–H groups in total. The largest absolute Gasteiger partial charge is 0.454 e. The molecule has 0 bridgehead atoms. The van der Waals surface area contributed by atoms with E-state index in [1.807, 2.05) is 19.1 Å². The van der Waals surface area contributed by atoms with Crippen molar-refractivity contribution in [1.82, 2.24) is 0 Å². The highest BCUT2D eigenvalue weighted by Gasteiger charge is 2.50. The summed E-state index contributed by atoms with van der Waals surface area (Å²) >= 11 is 0. The highest BCUT2D eigenvalue weighted by Crippen LogP contribution is 2.40. The molecule has 1 aliphatic heterocycles. The molecule has 6 nitrogen and oxygen atoms in total. The van der Waals surface area contributed by atoms with E-state index >= 15 is 0 Å². The van der Waals surface area contributed by atoms with E-state index in [4.69, 9.17) is 4.74 Å². The van der Waals surface area contributed by atoms with E-state index in [1.54, 1.807) is 42.5 Å². The number of fused-ring (bicyclic) bond motifs is 1. The maximum atomic E-state index is 12.8. The van der Waals surface area contributed by atoms with Crippen LogP contribution >= 0.6 is 0 Å². The Hall–Kier alpha value is -3.54. The molecule has 0 radical (unpaired) electrons. The Balaban J connectivity index is 1.43. The summed E-state index contributed by atoms with van der Waals surface area (Å²) in [6, 6.07) is 14.7. The molecular formula is C24H21NO5. The van der Waals surface area contributed by atoms with Crippen LogP contribution in [-0.4, -0.2) is 30.2 Å². The van der Waals surface area contributed by atoms with Gasteiger partial charge in [-0.25, -0.2) is 4.79 Å². The molecule has 2 aromatic carbocycles. The summed E-state index contributed by atoms with van der Waals surface area (Å²) in [4.78, 5) is 51.1. The van der Waals surface area contributed by atoms with E-state index < -0.39 is 5.97 Å².